The number of benzene rings is 3. The summed E-state index contributed by atoms with van der Waals surface area (Å²) in [5.74, 6) is -1.48. The lowest BCUT2D eigenvalue weighted by Gasteiger charge is -2.36. The van der Waals surface area contributed by atoms with Gasteiger partial charge in [-0.25, -0.2) is 4.79 Å². The number of esters is 1. The summed E-state index contributed by atoms with van der Waals surface area (Å²) in [5.41, 5.74) is 3.47. The summed E-state index contributed by atoms with van der Waals surface area (Å²) < 4.78 is 5.80. The van der Waals surface area contributed by atoms with E-state index < -0.39 is 29.1 Å². The van der Waals surface area contributed by atoms with Crippen molar-refractivity contribution in [2.45, 2.75) is 58.5 Å². The number of Topliss-reactive ketones (excluding diaryl/α,β-unsaturated/α-hetero) is 1. The molecule has 0 spiro atoms. The van der Waals surface area contributed by atoms with Crippen LogP contribution in [-0.2, 0) is 32.1 Å². The molecular weight excluding hydrogens is 462 g/mol. The van der Waals surface area contributed by atoms with Crippen molar-refractivity contribution in [3.8, 4) is 0 Å². The molecule has 1 amide bonds. The van der Waals surface area contributed by atoms with E-state index in [1.165, 1.54) is 4.90 Å². The molecule has 1 heterocycles. The van der Waals surface area contributed by atoms with Crippen LogP contribution in [0.2, 0.25) is 0 Å². The summed E-state index contributed by atoms with van der Waals surface area (Å²) in [5, 5.41) is 0. The molecule has 0 aliphatic carbocycles. The fraction of sp³-hybridized carbons (Fsp3) is 0.344. The Morgan fingerprint density at radius 3 is 1.97 bits per heavy atom. The molecule has 5 heteroatoms. The number of ether oxygens (including phenoxy) is 1. The second-order valence-corrected chi connectivity index (χ2v) is 10.3. The Kier molecular flexibility index (Phi) is 8.22. The predicted octanol–water partition coefficient (Wildman–Crippen LogP) is 5.71. The zero-order valence-corrected chi connectivity index (χ0v) is 21.9. The molecule has 4 rings (SSSR count). The summed E-state index contributed by atoms with van der Waals surface area (Å²) in [7, 11) is 0. The Hall–Kier alpha value is -3.73. The van der Waals surface area contributed by atoms with E-state index in [1.807, 2.05) is 67.6 Å². The third-order valence-electron chi connectivity index (χ3n) is 7.53. The maximum absolute atomic E-state index is 13.4. The van der Waals surface area contributed by atoms with Gasteiger partial charge < -0.3 is 9.64 Å². The van der Waals surface area contributed by atoms with E-state index in [0.717, 1.165) is 22.3 Å². The maximum Gasteiger partial charge on any atom is 0.329 e. The Bertz CT molecular complexity index is 1200. The highest BCUT2D eigenvalue weighted by Crippen LogP contribution is 2.30. The van der Waals surface area contributed by atoms with Crippen molar-refractivity contribution < 1.29 is 19.1 Å². The van der Waals surface area contributed by atoms with Crippen LogP contribution in [0.3, 0.4) is 0 Å². The van der Waals surface area contributed by atoms with Gasteiger partial charge in [0.1, 0.15) is 6.04 Å². The van der Waals surface area contributed by atoms with Gasteiger partial charge in [0.2, 0.25) is 5.78 Å². The van der Waals surface area contributed by atoms with Crippen LogP contribution in [0.5, 0.6) is 0 Å². The second kappa shape index (κ2) is 11.5. The standard InChI is InChI=1S/C32H35NO4/c1-4-32(2,3)29(34)30(35)33-22-26-18-12-11-17-25(26)21-28(33)31(36)37-20-19-27(23-13-7-5-8-14-23)24-15-9-6-10-16-24/h5-18,27-28H,4,19-22H2,1-3H3/t28-/m0/s1. The molecule has 37 heavy (non-hydrogen) atoms. The normalized spacial score (nSPS) is 15.2. The Balaban J connectivity index is 1.51. The molecule has 3 aromatic carbocycles. The van der Waals surface area contributed by atoms with Crippen molar-refractivity contribution in [3.05, 3.63) is 107 Å². The van der Waals surface area contributed by atoms with Gasteiger partial charge >= 0.3 is 5.97 Å². The smallest absolute Gasteiger partial charge is 0.329 e. The molecule has 0 saturated carbocycles. The predicted molar refractivity (Wildman–Crippen MR) is 144 cm³/mol. The molecule has 0 N–H and O–H groups in total. The number of hydrogen-bond donors (Lipinski definition) is 0. The number of fused-ring (bicyclic) bond motifs is 1. The number of rotatable bonds is 9. The van der Waals surface area contributed by atoms with Gasteiger partial charge in [0.25, 0.3) is 5.91 Å². The SMILES string of the molecule is CCC(C)(C)C(=O)C(=O)N1Cc2ccccc2C[C@H]1C(=O)OCCC(c1ccccc1)c1ccccc1. The van der Waals surface area contributed by atoms with Crippen LogP contribution in [0.1, 0.15) is 61.8 Å². The first-order valence-electron chi connectivity index (χ1n) is 13.0. The van der Waals surface area contributed by atoms with Crippen molar-refractivity contribution in [1.82, 2.24) is 4.90 Å². The van der Waals surface area contributed by atoms with Gasteiger partial charge in [0, 0.05) is 24.3 Å². The largest absolute Gasteiger partial charge is 0.464 e. The summed E-state index contributed by atoms with van der Waals surface area (Å²) in [4.78, 5) is 41.2. The van der Waals surface area contributed by atoms with E-state index in [0.29, 0.717) is 19.3 Å². The monoisotopic (exact) mass is 497 g/mol. The molecule has 0 bridgehead atoms. The van der Waals surface area contributed by atoms with Crippen LogP contribution in [0.15, 0.2) is 84.9 Å². The van der Waals surface area contributed by atoms with E-state index in [1.54, 1.807) is 13.8 Å². The van der Waals surface area contributed by atoms with Gasteiger partial charge in [-0.15, -0.1) is 0 Å². The summed E-state index contributed by atoms with van der Waals surface area (Å²) >= 11 is 0. The minimum Gasteiger partial charge on any atom is -0.464 e. The highest BCUT2D eigenvalue weighted by Gasteiger charge is 2.41. The van der Waals surface area contributed by atoms with Crippen molar-refractivity contribution >= 4 is 17.7 Å². The Morgan fingerprint density at radius 1 is 0.865 bits per heavy atom. The first-order chi connectivity index (χ1) is 17.8. The highest BCUT2D eigenvalue weighted by molar-refractivity contribution is 6.38. The fourth-order valence-corrected chi connectivity index (χ4v) is 4.80. The maximum atomic E-state index is 13.4. The van der Waals surface area contributed by atoms with Gasteiger partial charge in [-0.2, -0.15) is 0 Å². The van der Waals surface area contributed by atoms with Crippen LogP contribution in [0.25, 0.3) is 0 Å². The topological polar surface area (TPSA) is 63.7 Å². The fourth-order valence-electron chi connectivity index (χ4n) is 4.80. The van der Waals surface area contributed by atoms with Crippen LogP contribution < -0.4 is 0 Å². The molecule has 5 nitrogen and oxygen atoms in total. The second-order valence-electron chi connectivity index (χ2n) is 10.3. The van der Waals surface area contributed by atoms with Crippen molar-refractivity contribution in [2.24, 2.45) is 5.41 Å². The lowest BCUT2D eigenvalue weighted by molar-refractivity contribution is -0.160. The first kappa shape index (κ1) is 26.3. The number of amides is 1. The van der Waals surface area contributed by atoms with E-state index >= 15 is 0 Å². The van der Waals surface area contributed by atoms with Crippen molar-refractivity contribution in [1.29, 1.82) is 0 Å². The average Bonchev–Trinajstić information content (AvgIpc) is 2.94. The Labute approximate surface area is 219 Å². The van der Waals surface area contributed by atoms with Crippen LogP contribution in [0, 0.1) is 5.41 Å². The lowest BCUT2D eigenvalue weighted by atomic mass is 9.83. The third kappa shape index (κ3) is 5.99. The zero-order valence-electron chi connectivity index (χ0n) is 21.9. The van der Waals surface area contributed by atoms with Crippen LogP contribution in [0.4, 0.5) is 0 Å². The van der Waals surface area contributed by atoms with Crippen LogP contribution >= 0.6 is 0 Å². The summed E-state index contributed by atoms with van der Waals surface area (Å²) in [6, 6.07) is 27.3. The Morgan fingerprint density at radius 2 is 1.41 bits per heavy atom. The number of carbonyl (C=O) groups is 3. The molecule has 0 fully saturated rings. The first-order valence-corrected chi connectivity index (χ1v) is 13.0. The van der Waals surface area contributed by atoms with E-state index in [2.05, 4.69) is 24.3 Å². The highest BCUT2D eigenvalue weighted by atomic mass is 16.5. The average molecular weight is 498 g/mol. The molecule has 0 radical (unpaired) electrons. The van der Waals surface area contributed by atoms with Gasteiger partial charge in [-0.3, -0.25) is 9.59 Å². The van der Waals surface area contributed by atoms with E-state index in [9.17, 15) is 14.4 Å². The molecule has 192 valence electrons. The molecule has 1 aliphatic rings. The van der Waals surface area contributed by atoms with Crippen molar-refractivity contribution in [3.63, 3.8) is 0 Å². The lowest BCUT2D eigenvalue weighted by Crippen LogP contribution is -2.53. The molecule has 1 atom stereocenters. The quantitative estimate of drug-likeness (QED) is 0.281. The molecule has 0 aromatic heterocycles. The third-order valence-corrected chi connectivity index (χ3v) is 7.53. The number of ketones is 1. The molecule has 0 saturated heterocycles. The molecular formula is C32H35NO4. The minimum absolute atomic E-state index is 0.0759. The zero-order chi connectivity index (χ0) is 26.4. The van der Waals surface area contributed by atoms with Crippen molar-refractivity contribution in [2.75, 3.05) is 6.61 Å². The summed E-state index contributed by atoms with van der Waals surface area (Å²) in [6.45, 7) is 5.86. The van der Waals surface area contributed by atoms with Gasteiger partial charge in [0.05, 0.1) is 6.61 Å². The minimum atomic E-state index is -0.828. The molecule has 3 aromatic rings. The molecule has 0 unspecified atom stereocenters. The van der Waals surface area contributed by atoms with Crippen LogP contribution in [-0.4, -0.2) is 35.2 Å². The van der Waals surface area contributed by atoms with E-state index in [-0.39, 0.29) is 19.1 Å². The summed E-state index contributed by atoms with van der Waals surface area (Å²) in [6.07, 6.45) is 1.48. The number of hydrogen-bond acceptors (Lipinski definition) is 4. The van der Waals surface area contributed by atoms with E-state index in [4.69, 9.17) is 4.74 Å². The number of nitrogens with zero attached hydrogens (tertiary/aromatic N) is 1. The molecule has 1 aliphatic heterocycles. The van der Waals surface area contributed by atoms with Gasteiger partial charge in [0.15, 0.2) is 0 Å². The van der Waals surface area contributed by atoms with Gasteiger partial charge in [-0.05, 0) is 35.1 Å². The van der Waals surface area contributed by atoms with Gasteiger partial charge in [-0.1, -0.05) is 106 Å². The number of carbonyl (C=O) groups excluding carboxylic acids is 3.